The van der Waals surface area contributed by atoms with E-state index in [9.17, 15) is 27.6 Å². The van der Waals surface area contributed by atoms with Gasteiger partial charge >= 0.3 is 6.09 Å². The maximum Gasteiger partial charge on any atom is 0.408 e. The first-order valence-corrected chi connectivity index (χ1v) is 19.5. The Kier molecular flexibility index (Phi) is 11.2. The van der Waals surface area contributed by atoms with E-state index in [2.05, 4.69) is 32.0 Å². The quantitative estimate of drug-likeness (QED) is 0.238. The van der Waals surface area contributed by atoms with Crippen LogP contribution in [0.1, 0.15) is 60.1 Å². The summed E-state index contributed by atoms with van der Waals surface area (Å²) in [6.07, 6.45) is 1.43. The number of benzene rings is 1. The largest absolute Gasteiger partial charge is 0.497 e. The van der Waals surface area contributed by atoms with Crippen LogP contribution in [0.4, 0.5) is 4.79 Å². The van der Waals surface area contributed by atoms with Gasteiger partial charge < -0.3 is 29.7 Å². The van der Waals surface area contributed by atoms with E-state index in [1.165, 1.54) is 24.9 Å². The number of nitrogens with one attached hydrogen (secondary N) is 3. The molecule has 3 aromatic rings. The Labute approximate surface area is 325 Å². The van der Waals surface area contributed by atoms with Crippen LogP contribution < -0.4 is 24.8 Å². The average molecular weight is 802 g/mol. The number of nitrogens with zero attached hydrogens (tertiary/aromatic N) is 4. The predicted molar refractivity (Wildman–Crippen MR) is 203 cm³/mol. The van der Waals surface area contributed by atoms with Gasteiger partial charge in [0.2, 0.25) is 17.7 Å². The summed E-state index contributed by atoms with van der Waals surface area (Å²) >= 11 is 6.21. The van der Waals surface area contributed by atoms with Crippen molar-refractivity contribution in [2.75, 3.05) is 13.7 Å². The van der Waals surface area contributed by atoms with Gasteiger partial charge in [-0.3, -0.25) is 19.1 Å². The molecule has 3 heterocycles. The molecule has 16 nitrogen and oxygen atoms in total. The topological polar surface area (TPSA) is 200 Å². The summed E-state index contributed by atoms with van der Waals surface area (Å²) in [4.78, 5) is 61.1. The minimum absolute atomic E-state index is 0.0334. The molecule has 298 valence electrons. The number of amides is 4. The summed E-state index contributed by atoms with van der Waals surface area (Å²) in [5.41, 5.74) is -3.34. The third kappa shape index (κ3) is 8.67. The molecule has 5 atom stereocenters. The zero-order chi connectivity index (χ0) is 40.8. The Bertz CT molecular complexity index is 2140. The molecule has 0 bridgehead atoms. The number of aromatic nitrogens is 3. The van der Waals surface area contributed by atoms with Crippen LogP contribution in [-0.2, 0) is 36.2 Å². The van der Waals surface area contributed by atoms with Gasteiger partial charge in [-0.1, -0.05) is 38.4 Å². The first kappa shape index (κ1) is 41.3. The van der Waals surface area contributed by atoms with E-state index in [-0.39, 0.29) is 41.0 Å². The van der Waals surface area contributed by atoms with Crippen molar-refractivity contribution in [1.29, 1.82) is 0 Å². The van der Waals surface area contributed by atoms with E-state index >= 15 is 0 Å². The highest BCUT2D eigenvalue weighted by Gasteiger charge is 2.62. The normalized spacial score (nSPS) is 21.7. The number of aryl methyl sites for hydroxylation is 2. The third-order valence-electron chi connectivity index (χ3n) is 9.48. The van der Waals surface area contributed by atoms with Crippen LogP contribution in [-0.4, -0.2) is 94.9 Å². The number of hydrogen-bond acceptors (Lipinski definition) is 11. The number of sulfonamides is 1. The Morgan fingerprint density at radius 2 is 1.82 bits per heavy atom. The lowest BCUT2D eigenvalue weighted by molar-refractivity contribution is -0.143. The van der Waals surface area contributed by atoms with Crippen molar-refractivity contribution in [2.24, 2.45) is 18.4 Å². The SMILES string of the molecule is C=C[C@@H]1C[C@]1(NC(=O)[C@@H]1C[C@@H](Oc2nccc3cc(OC)ccc23)CN1C(=O)[C@@H](NC(=O)OC(C)(C)C)C(C)(C)C)C(=O)NS(=O)(=O)c1c(C)nn(C)c1Cl. The molecule has 1 saturated carbocycles. The zero-order valence-electron chi connectivity index (χ0n) is 32.4. The number of ether oxygens (including phenoxy) is 3. The van der Waals surface area contributed by atoms with Gasteiger partial charge in [-0.2, -0.15) is 5.10 Å². The van der Waals surface area contributed by atoms with Gasteiger partial charge in [0.1, 0.15) is 45.1 Å². The number of alkyl carbamates (subject to hydrolysis) is 1. The molecular weight excluding hydrogens is 754 g/mol. The molecule has 18 heteroatoms. The molecule has 0 spiro atoms. The molecule has 3 N–H and O–H groups in total. The fraction of sp³-hybridized carbons (Fsp3) is 0.514. The van der Waals surface area contributed by atoms with Crippen molar-refractivity contribution < 1.29 is 41.8 Å². The van der Waals surface area contributed by atoms with Gasteiger partial charge in [0.15, 0.2) is 0 Å². The summed E-state index contributed by atoms with van der Waals surface area (Å²) in [5.74, 6) is -2.10. The number of methoxy groups -OCH3 is 1. The molecule has 2 aliphatic rings. The lowest BCUT2D eigenvalue weighted by atomic mass is 9.85. The second kappa shape index (κ2) is 15.0. The summed E-state index contributed by atoms with van der Waals surface area (Å²) in [6.45, 7) is 15.5. The van der Waals surface area contributed by atoms with E-state index in [4.69, 9.17) is 25.8 Å². The lowest BCUT2D eigenvalue weighted by Gasteiger charge is -2.36. The Morgan fingerprint density at radius 3 is 2.38 bits per heavy atom. The van der Waals surface area contributed by atoms with Gasteiger partial charge in [-0.15, -0.1) is 6.58 Å². The van der Waals surface area contributed by atoms with Crippen molar-refractivity contribution in [1.82, 2.24) is 35.0 Å². The molecule has 55 heavy (non-hydrogen) atoms. The Morgan fingerprint density at radius 1 is 1.13 bits per heavy atom. The second-order valence-electron chi connectivity index (χ2n) is 15.9. The highest BCUT2D eigenvalue weighted by molar-refractivity contribution is 7.90. The summed E-state index contributed by atoms with van der Waals surface area (Å²) < 4.78 is 47.2. The van der Waals surface area contributed by atoms with E-state index in [1.807, 2.05) is 6.07 Å². The molecule has 1 aliphatic heterocycles. The van der Waals surface area contributed by atoms with Crippen molar-refractivity contribution in [3.8, 4) is 11.6 Å². The van der Waals surface area contributed by atoms with E-state index in [0.717, 1.165) is 10.1 Å². The van der Waals surface area contributed by atoms with Crippen molar-refractivity contribution in [3.05, 3.63) is 54.0 Å². The molecule has 1 saturated heterocycles. The van der Waals surface area contributed by atoms with Gasteiger partial charge in [0, 0.05) is 31.0 Å². The fourth-order valence-electron chi connectivity index (χ4n) is 6.64. The van der Waals surface area contributed by atoms with Gasteiger partial charge in [0.05, 0.1) is 19.3 Å². The van der Waals surface area contributed by atoms with Crippen LogP contribution in [0.2, 0.25) is 5.15 Å². The number of carbonyl (C=O) groups excluding carboxylic acids is 4. The molecule has 5 rings (SSSR count). The third-order valence-corrected chi connectivity index (χ3v) is 11.5. The number of carbonyl (C=O) groups is 4. The molecule has 0 radical (unpaired) electrons. The van der Waals surface area contributed by atoms with Gasteiger partial charge in [-0.25, -0.2) is 22.9 Å². The summed E-state index contributed by atoms with van der Waals surface area (Å²) in [6, 6.07) is 4.78. The van der Waals surface area contributed by atoms with E-state index in [0.29, 0.717) is 11.1 Å². The number of fused-ring (bicyclic) bond motifs is 1. The Hall–Kier alpha value is -4.90. The van der Waals surface area contributed by atoms with Crippen LogP contribution in [0.25, 0.3) is 10.8 Å². The highest BCUT2D eigenvalue weighted by atomic mass is 35.5. The maximum absolute atomic E-state index is 14.5. The lowest BCUT2D eigenvalue weighted by Crippen LogP contribution is -2.60. The predicted octanol–water partition coefficient (Wildman–Crippen LogP) is 3.79. The minimum atomic E-state index is -4.52. The highest BCUT2D eigenvalue weighted by Crippen LogP contribution is 2.45. The van der Waals surface area contributed by atoms with Crippen molar-refractivity contribution in [3.63, 3.8) is 0 Å². The van der Waals surface area contributed by atoms with Crippen LogP contribution in [0.3, 0.4) is 0 Å². The molecule has 0 unspecified atom stereocenters. The van der Waals surface area contributed by atoms with E-state index in [1.54, 1.807) is 73.0 Å². The first-order valence-electron chi connectivity index (χ1n) is 17.6. The monoisotopic (exact) mass is 801 g/mol. The number of hydrogen-bond donors (Lipinski definition) is 3. The van der Waals surface area contributed by atoms with Crippen molar-refractivity contribution >= 4 is 56.2 Å². The van der Waals surface area contributed by atoms with E-state index < -0.39 is 74.5 Å². The summed E-state index contributed by atoms with van der Waals surface area (Å²) in [5, 5.41) is 10.7. The zero-order valence-corrected chi connectivity index (χ0v) is 33.9. The molecule has 1 aliphatic carbocycles. The van der Waals surface area contributed by atoms with Gasteiger partial charge in [0.25, 0.3) is 15.9 Å². The number of rotatable bonds is 11. The number of likely N-dealkylation sites (tertiary alicyclic amines) is 1. The average Bonchev–Trinajstić information content (AvgIpc) is 3.52. The van der Waals surface area contributed by atoms with Gasteiger partial charge in [-0.05, 0) is 69.2 Å². The molecule has 2 fully saturated rings. The molecule has 4 amide bonds. The maximum atomic E-state index is 14.5. The van der Waals surface area contributed by atoms with Crippen LogP contribution >= 0.6 is 11.6 Å². The fourth-order valence-corrected chi connectivity index (χ4v) is 8.43. The molecular formula is C37H48ClN7O9S. The van der Waals surface area contributed by atoms with Crippen molar-refractivity contribution in [2.45, 2.75) is 95.5 Å². The molecule has 2 aromatic heterocycles. The van der Waals surface area contributed by atoms with Crippen LogP contribution in [0, 0.1) is 18.3 Å². The van der Waals surface area contributed by atoms with Crippen LogP contribution in [0.5, 0.6) is 11.6 Å². The second-order valence-corrected chi connectivity index (χ2v) is 17.9. The molecule has 1 aromatic carbocycles. The number of pyridine rings is 1. The minimum Gasteiger partial charge on any atom is -0.497 e. The summed E-state index contributed by atoms with van der Waals surface area (Å²) in [7, 11) is -1.51. The number of halogens is 1. The standard InChI is InChI=1S/C37H48ClN7O9S/c1-11-22-18-37(22,33(48)43-55(50,51)27-20(2)42-44(9)29(27)38)41-30(46)26-17-24(53-31-25-13-12-23(52-10)16-21(25)14-15-39-31)19-45(26)32(47)28(35(3,4)5)40-34(49)54-36(6,7)8/h11-16,22,24,26,28H,1,17-19H2,2-10H3,(H,40,49)(H,41,46)(H,43,48)/t22-,24-,26+,28-,37-/m1/s1. The van der Waals surface area contributed by atoms with Crippen LogP contribution in [0.15, 0.2) is 48.0 Å². The first-order chi connectivity index (χ1) is 25.5. The smallest absolute Gasteiger partial charge is 0.408 e. The Balaban J connectivity index is 1.46.